The predicted molar refractivity (Wildman–Crippen MR) is 83.0 cm³/mol. The molecule has 120 valence electrons. The Kier molecular flexibility index (Phi) is 8.12. The fourth-order valence-corrected chi connectivity index (χ4v) is 1.82. The van der Waals surface area contributed by atoms with Crippen LogP contribution in [0.5, 0.6) is 11.5 Å². The number of benzene rings is 1. The van der Waals surface area contributed by atoms with Crippen LogP contribution in [0.1, 0.15) is 26.3 Å². The van der Waals surface area contributed by atoms with E-state index in [1.165, 1.54) is 0 Å². The van der Waals surface area contributed by atoms with Crippen LogP contribution in [0.4, 0.5) is 0 Å². The van der Waals surface area contributed by atoms with Gasteiger partial charge in [-0.25, -0.2) is 0 Å². The molecular weight excluding hydrogens is 270 g/mol. The third-order valence-corrected chi connectivity index (χ3v) is 2.92. The van der Waals surface area contributed by atoms with Crippen molar-refractivity contribution >= 4 is 0 Å². The van der Waals surface area contributed by atoms with Gasteiger partial charge >= 0.3 is 0 Å². The number of nitrogens with one attached hydrogen (secondary N) is 1. The Morgan fingerprint density at radius 3 is 2.62 bits per heavy atom. The average molecular weight is 297 g/mol. The van der Waals surface area contributed by atoms with E-state index in [1.54, 1.807) is 7.11 Å². The van der Waals surface area contributed by atoms with Gasteiger partial charge in [0.25, 0.3) is 0 Å². The first-order valence-electron chi connectivity index (χ1n) is 7.36. The van der Waals surface area contributed by atoms with Gasteiger partial charge in [0, 0.05) is 24.8 Å². The minimum Gasteiger partial charge on any atom is -0.493 e. The number of aliphatic hydroxyl groups excluding tert-OH is 1. The second-order valence-corrected chi connectivity index (χ2v) is 5.11. The maximum absolute atomic E-state index is 9.81. The largest absolute Gasteiger partial charge is 0.493 e. The van der Waals surface area contributed by atoms with E-state index in [9.17, 15) is 5.11 Å². The van der Waals surface area contributed by atoms with Crippen LogP contribution in [0.15, 0.2) is 18.2 Å². The zero-order chi connectivity index (χ0) is 15.7. The van der Waals surface area contributed by atoms with Gasteiger partial charge in [-0.1, -0.05) is 26.0 Å². The van der Waals surface area contributed by atoms with Crippen LogP contribution in [-0.2, 0) is 11.3 Å². The smallest absolute Gasteiger partial charge is 0.165 e. The van der Waals surface area contributed by atoms with Crippen molar-refractivity contribution in [3.8, 4) is 11.5 Å². The molecule has 1 aromatic rings. The third kappa shape index (κ3) is 6.33. The lowest BCUT2D eigenvalue weighted by Crippen LogP contribution is -2.25. The van der Waals surface area contributed by atoms with Gasteiger partial charge in [-0.15, -0.1) is 0 Å². The molecule has 1 aromatic carbocycles. The van der Waals surface area contributed by atoms with Gasteiger partial charge in [0.05, 0.1) is 13.7 Å². The molecule has 0 fully saturated rings. The normalized spacial score (nSPS) is 12.5. The van der Waals surface area contributed by atoms with Crippen molar-refractivity contribution in [3.63, 3.8) is 0 Å². The van der Waals surface area contributed by atoms with Crippen molar-refractivity contribution < 1.29 is 19.3 Å². The molecule has 0 aliphatic rings. The van der Waals surface area contributed by atoms with E-state index in [0.717, 1.165) is 5.56 Å². The van der Waals surface area contributed by atoms with Gasteiger partial charge in [-0.2, -0.15) is 0 Å². The fourth-order valence-electron chi connectivity index (χ4n) is 1.82. The van der Waals surface area contributed by atoms with E-state index in [1.807, 2.05) is 25.1 Å². The van der Waals surface area contributed by atoms with Crippen LogP contribution in [0.2, 0.25) is 0 Å². The SMILES string of the molecule is CCOCC(O)COc1c(CNC(C)C)cccc1OC. The van der Waals surface area contributed by atoms with Crippen LogP contribution in [-0.4, -0.2) is 44.2 Å². The van der Waals surface area contributed by atoms with Gasteiger partial charge in [0.15, 0.2) is 11.5 Å². The summed E-state index contributed by atoms with van der Waals surface area (Å²) < 4.78 is 16.3. The molecule has 2 N–H and O–H groups in total. The lowest BCUT2D eigenvalue weighted by Gasteiger charge is -2.18. The number of para-hydroxylation sites is 1. The number of methoxy groups -OCH3 is 1. The number of hydrogen-bond donors (Lipinski definition) is 2. The second kappa shape index (κ2) is 9.60. The quantitative estimate of drug-likeness (QED) is 0.691. The van der Waals surface area contributed by atoms with Crippen LogP contribution in [0.3, 0.4) is 0 Å². The molecule has 5 nitrogen and oxygen atoms in total. The first-order valence-corrected chi connectivity index (χ1v) is 7.36. The Morgan fingerprint density at radius 2 is 2.00 bits per heavy atom. The highest BCUT2D eigenvalue weighted by Gasteiger charge is 2.13. The minimum absolute atomic E-state index is 0.176. The van der Waals surface area contributed by atoms with Crippen LogP contribution >= 0.6 is 0 Å². The van der Waals surface area contributed by atoms with Crippen LogP contribution < -0.4 is 14.8 Å². The van der Waals surface area contributed by atoms with Crippen molar-refractivity contribution in [2.45, 2.75) is 39.5 Å². The Labute approximate surface area is 127 Å². The summed E-state index contributed by atoms with van der Waals surface area (Å²) in [6, 6.07) is 6.15. The highest BCUT2D eigenvalue weighted by molar-refractivity contribution is 5.46. The summed E-state index contributed by atoms with van der Waals surface area (Å²) in [6.07, 6.45) is -0.652. The summed E-state index contributed by atoms with van der Waals surface area (Å²) in [5, 5.41) is 13.2. The molecule has 0 saturated heterocycles. The van der Waals surface area contributed by atoms with Gasteiger partial charge in [-0.3, -0.25) is 0 Å². The summed E-state index contributed by atoms with van der Waals surface area (Å²) in [5.41, 5.74) is 1.01. The lowest BCUT2D eigenvalue weighted by atomic mass is 10.1. The minimum atomic E-state index is -0.652. The number of aliphatic hydroxyl groups is 1. The van der Waals surface area contributed by atoms with Crippen LogP contribution in [0.25, 0.3) is 0 Å². The Balaban J connectivity index is 2.72. The van der Waals surface area contributed by atoms with Gasteiger partial charge < -0.3 is 24.6 Å². The molecule has 1 rings (SSSR count). The van der Waals surface area contributed by atoms with Gasteiger partial charge in [0.2, 0.25) is 0 Å². The average Bonchev–Trinajstić information content (AvgIpc) is 2.48. The Morgan fingerprint density at radius 1 is 1.24 bits per heavy atom. The molecule has 5 heteroatoms. The molecular formula is C16H27NO4. The predicted octanol–water partition coefficient (Wildman–Crippen LogP) is 1.97. The van der Waals surface area contributed by atoms with E-state index in [2.05, 4.69) is 19.2 Å². The molecule has 0 saturated carbocycles. The topological polar surface area (TPSA) is 60.0 Å². The third-order valence-electron chi connectivity index (χ3n) is 2.92. The van der Waals surface area contributed by atoms with E-state index in [-0.39, 0.29) is 13.2 Å². The van der Waals surface area contributed by atoms with E-state index in [4.69, 9.17) is 14.2 Å². The molecule has 0 amide bonds. The molecule has 21 heavy (non-hydrogen) atoms. The van der Waals surface area contributed by atoms with Crippen molar-refractivity contribution in [1.82, 2.24) is 5.32 Å². The first-order chi connectivity index (χ1) is 10.1. The first kappa shape index (κ1) is 17.8. The maximum Gasteiger partial charge on any atom is 0.165 e. The maximum atomic E-state index is 9.81. The standard InChI is InChI=1S/C16H27NO4/c1-5-20-10-14(18)11-21-16-13(9-17-12(2)3)7-6-8-15(16)19-4/h6-8,12,14,17-18H,5,9-11H2,1-4H3. The monoisotopic (exact) mass is 297 g/mol. The van der Waals surface area contributed by atoms with Gasteiger partial charge in [0.1, 0.15) is 12.7 Å². The zero-order valence-electron chi connectivity index (χ0n) is 13.4. The Hall–Kier alpha value is -1.30. The van der Waals surface area contributed by atoms with Crippen LogP contribution in [0, 0.1) is 0 Å². The molecule has 1 atom stereocenters. The van der Waals surface area contributed by atoms with Gasteiger partial charge in [-0.05, 0) is 13.0 Å². The number of hydrogen-bond acceptors (Lipinski definition) is 5. The molecule has 0 bridgehead atoms. The highest BCUT2D eigenvalue weighted by Crippen LogP contribution is 2.31. The molecule has 0 radical (unpaired) electrons. The molecule has 0 aromatic heterocycles. The summed E-state index contributed by atoms with van der Waals surface area (Å²) in [6.45, 7) is 7.78. The van der Waals surface area contributed by atoms with E-state index in [0.29, 0.717) is 30.7 Å². The van der Waals surface area contributed by atoms with Crippen molar-refractivity contribution in [2.24, 2.45) is 0 Å². The highest BCUT2D eigenvalue weighted by atomic mass is 16.5. The van der Waals surface area contributed by atoms with E-state index < -0.39 is 6.10 Å². The lowest BCUT2D eigenvalue weighted by molar-refractivity contribution is 0.0157. The van der Waals surface area contributed by atoms with E-state index >= 15 is 0 Å². The van der Waals surface area contributed by atoms with Crippen molar-refractivity contribution in [2.75, 3.05) is 26.9 Å². The number of rotatable bonds is 10. The van der Waals surface area contributed by atoms with Crippen molar-refractivity contribution in [1.29, 1.82) is 0 Å². The molecule has 0 aliphatic heterocycles. The summed E-state index contributed by atoms with van der Waals surface area (Å²) >= 11 is 0. The Bertz CT molecular complexity index is 409. The van der Waals surface area contributed by atoms with Crippen molar-refractivity contribution in [3.05, 3.63) is 23.8 Å². The second-order valence-electron chi connectivity index (χ2n) is 5.11. The molecule has 1 unspecified atom stereocenters. The summed E-state index contributed by atoms with van der Waals surface area (Å²) in [5.74, 6) is 1.34. The molecule has 0 heterocycles. The summed E-state index contributed by atoms with van der Waals surface area (Å²) in [4.78, 5) is 0. The fraction of sp³-hybridized carbons (Fsp3) is 0.625. The zero-order valence-corrected chi connectivity index (χ0v) is 13.4. The molecule has 0 aliphatic carbocycles. The molecule has 0 spiro atoms. The summed E-state index contributed by atoms with van der Waals surface area (Å²) in [7, 11) is 1.61. The number of ether oxygens (including phenoxy) is 3.